The number of carbonyl (C=O) groups is 1. The second kappa shape index (κ2) is 6.20. The van der Waals surface area contributed by atoms with Crippen LogP contribution in [0.1, 0.15) is 17.3 Å². The number of alkyl halides is 1. The zero-order valence-corrected chi connectivity index (χ0v) is 14.3. The lowest BCUT2D eigenvalue weighted by atomic mass is 10.1. The lowest BCUT2D eigenvalue weighted by Gasteiger charge is -2.16. The molecule has 2 rings (SSSR count). The summed E-state index contributed by atoms with van der Waals surface area (Å²) in [5, 5.41) is 0.654. The highest BCUT2D eigenvalue weighted by atomic mass is 127. The first-order valence-electron chi connectivity index (χ1n) is 5.42. The van der Waals surface area contributed by atoms with E-state index in [-0.39, 0.29) is 10.5 Å². The predicted octanol–water partition coefficient (Wildman–Crippen LogP) is 5.04. The molecule has 1 aromatic carbocycles. The smallest absolute Gasteiger partial charge is 0.187 e. The molecular formula is C13H12ClIOS2. The van der Waals surface area contributed by atoms with Crippen LogP contribution in [-0.2, 0) is 0 Å². The highest BCUT2D eigenvalue weighted by Crippen LogP contribution is 2.49. The van der Waals surface area contributed by atoms with Crippen LogP contribution in [0.15, 0.2) is 34.6 Å². The molecule has 1 fully saturated rings. The minimum Gasteiger partial charge on any atom is -0.289 e. The van der Waals surface area contributed by atoms with Crippen LogP contribution in [0.5, 0.6) is 0 Å². The van der Waals surface area contributed by atoms with E-state index in [0.717, 1.165) is 14.4 Å². The fourth-order valence-corrected chi connectivity index (χ4v) is 5.57. The number of halogens is 2. The number of hydrogen-bond acceptors (Lipinski definition) is 3. The molecular weight excluding hydrogens is 399 g/mol. The first-order chi connectivity index (χ1) is 8.52. The maximum Gasteiger partial charge on any atom is 0.187 e. The van der Waals surface area contributed by atoms with Crippen LogP contribution < -0.4 is 0 Å². The van der Waals surface area contributed by atoms with Crippen LogP contribution in [0.4, 0.5) is 0 Å². The Labute approximate surface area is 134 Å². The van der Waals surface area contributed by atoms with Gasteiger partial charge in [0, 0.05) is 35.8 Å². The van der Waals surface area contributed by atoms with Crippen molar-refractivity contribution < 1.29 is 4.79 Å². The van der Waals surface area contributed by atoms with Crippen molar-refractivity contribution >= 4 is 63.5 Å². The van der Waals surface area contributed by atoms with Gasteiger partial charge in [-0.2, -0.15) is 0 Å². The van der Waals surface area contributed by atoms with E-state index in [1.54, 1.807) is 42.1 Å². The molecule has 0 radical (unpaired) electrons. The molecule has 0 aliphatic carbocycles. The van der Waals surface area contributed by atoms with E-state index < -0.39 is 0 Å². The SMILES string of the molecule is CC1(CI)CS/C(=C/C(=O)c2ccc(Cl)cc2)S1. The third kappa shape index (κ3) is 3.68. The standard InChI is InChI=1S/C13H12ClIOS2/c1-13(7-15)8-17-12(18-13)6-11(16)9-2-4-10(14)5-3-9/h2-6H,7-8H2,1H3/b12-6-. The van der Waals surface area contributed by atoms with Crippen molar-refractivity contribution in [3.8, 4) is 0 Å². The Balaban J connectivity index is 2.10. The summed E-state index contributed by atoms with van der Waals surface area (Å²) in [7, 11) is 0. The number of carbonyl (C=O) groups excluding carboxylic acids is 1. The number of benzene rings is 1. The molecule has 1 atom stereocenters. The van der Waals surface area contributed by atoms with Gasteiger partial charge in [-0.3, -0.25) is 4.79 Å². The fraction of sp³-hybridized carbons (Fsp3) is 0.308. The minimum atomic E-state index is 0.0550. The molecule has 1 aliphatic rings. The zero-order chi connectivity index (χ0) is 13.2. The Hall–Kier alpha value is 0.350. The summed E-state index contributed by atoms with van der Waals surface area (Å²) in [6, 6.07) is 7.03. The molecule has 1 heterocycles. The summed E-state index contributed by atoms with van der Waals surface area (Å²) in [5.41, 5.74) is 0.691. The van der Waals surface area contributed by atoms with E-state index in [1.165, 1.54) is 0 Å². The second-order valence-electron chi connectivity index (χ2n) is 4.31. The van der Waals surface area contributed by atoms with E-state index in [4.69, 9.17) is 11.6 Å². The van der Waals surface area contributed by atoms with Gasteiger partial charge in [-0.15, -0.1) is 23.5 Å². The largest absolute Gasteiger partial charge is 0.289 e. The van der Waals surface area contributed by atoms with Gasteiger partial charge in [0.2, 0.25) is 0 Å². The summed E-state index contributed by atoms with van der Waals surface area (Å²) in [6.45, 7) is 2.24. The molecule has 0 bridgehead atoms. The summed E-state index contributed by atoms with van der Waals surface area (Å²) in [4.78, 5) is 12.1. The number of rotatable bonds is 3. The van der Waals surface area contributed by atoms with Gasteiger partial charge in [0.1, 0.15) is 0 Å². The van der Waals surface area contributed by atoms with E-state index >= 15 is 0 Å². The monoisotopic (exact) mass is 410 g/mol. The Bertz CT molecular complexity index is 486. The van der Waals surface area contributed by atoms with Crippen molar-refractivity contribution in [1.82, 2.24) is 0 Å². The van der Waals surface area contributed by atoms with Crippen LogP contribution in [0.25, 0.3) is 0 Å². The maximum atomic E-state index is 12.1. The molecule has 1 saturated heterocycles. The maximum absolute atomic E-state index is 12.1. The normalized spacial score (nSPS) is 25.6. The molecule has 1 unspecified atom stereocenters. The molecule has 0 N–H and O–H groups in total. The van der Waals surface area contributed by atoms with Gasteiger partial charge >= 0.3 is 0 Å². The Morgan fingerprint density at radius 2 is 2.17 bits per heavy atom. The topological polar surface area (TPSA) is 17.1 Å². The van der Waals surface area contributed by atoms with Crippen molar-refractivity contribution in [2.45, 2.75) is 11.7 Å². The molecule has 0 saturated carbocycles. The number of hydrogen-bond donors (Lipinski definition) is 0. The third-order valence-electron chi connectivity index (χ3n) is 2.53. The molecule has 1 aliphatic heterocycles. The summed E-state index contributed by atoms with van der Waals surface area (Å²) < 4.78 is 2.47. The summed E-state index contributed by atoms with van der Waals surface area (Å²) in [5.74, 6) is 1.12. The molecule has 0 spiro atoms. The predicted molar refractivity (Wildman–Crippen MR) is 91.2 cm³/mol. The van der Waals surface area contributed by atoms with Gasteiger partial charge in [-0.1, -0.05) is 34.2 Å². The average molecular weight is 411 g/mol. The average Bonchev–Trinajstić information content (AvgIpc) is 2.72. The number of allylic oxidation sites excluding steroid dienone is 1. The Kier molecular flexibility index (Phi) is 5.08. The van der Waals surface area contributed by atoms with Gasteiger partial charge in [-0.25, -0.2) is 0 Å². The molecule has 0 aromatic heterocycles. The quantitative estimate of drug-likeness (QED) is 0.301. The van der Waals surface area contributed by atoms with E-state index in [9.17, 15) is 4.79 Å². The minimum absolute atomic E-state index is 0.0550. The van der Waals surface area contributed by atoms with Crippen molar-refractivity contribution in [3.05, 3.63) is 45.2 Å². The Morgan fingerprint density at radius 1 is 1.50 bits per heavy atom. The van der Waals surface area contributed by atoms with Crippen molar-refractivity contribution in [3.63, 3.8) is 0 Å². The first kappa shape index (κ1) is 14.8. The number of thioether (sulfide) groups is 2. The third-order valence-corrected chi connectivity index (χ3v) is 8.05. The molecule has 1 aromatic rings. The molecule has 1 nitrogen and oxygen atoms in total. The number of ketones is 1. The lowest BCUT2D eigenvalue weighted by molar-refractivity contribution is 0.104. The molecule has 18 heavy (non-hydrogen) atoms. The van der Waals surface area contributed by atoms with Crippen molar-refractivity contribution in [2.24, 2.45) is 0 Å². The fourth-order valence-electron chi connectivity index (χ4n) is 1.47. The highest BCUT2D eigenvalue weighted by Gasteiger charge is 2.32. The molecule has 96 valence electrons. The van der Waals surface area contributed by atoms with Crippen LogP contribution in [0.2, 0.25) is 5.02 Å². The van der Waals surface area contributed by atoms with E-state index in [1.807, 2.05) is 11.8 Å². The van der Waals surface area contributed by atoms with Crippen molar-refractivity contribution in [1.29, 1.82) is 0 Å². The summed E-state index contributed by atoms with van der Waals surface area (Å²) in [6.07, 6.45) is 1.75. The zero-order valence-electron chi connectivity index (χ0n) is 9.78. The summed E-state index contributed by atoms with van der Waals surface area (Å²) >= 11 is 11.8. The van der Waals surface area contributed by atoms with Crippen LogP contribution >= 0.6 is 57.7 Å². The Morgan fingerprint density at radius 3 is 2.72 bits per heavy atom. The first-order valence-corrected chi connectivity index (χ1v) is 9.12. The van der Waals surface area contributed by atoms with Gasteiger partial charge in [0.25, 0.3) is 0 Å². The highest BCUT2D eigenvalue weighted by molar-refractivity contribution is 14.1. The van der Waals surface area contributed by atoms with Gasteiger partial charge < -0.3 is 0 Å². The van der Waals surface area contributed by atoms with Gasteiger partial charge in [0.05, 0.1) is 0 Å². The molecule has 5 heteroatoms. The van der Waals surface area contributed by atoms with Gasteiger partial charge in [0.15, 0.2) is 5.78 Å². The molecule has 0 amide bonds. The van der Waals surface area contributed by atoms with Crippen molar-refractivity contribution in [2.75, 3.05) is 10.2 Å². The second-order valence-corrected chi connectivity index (χ2v) is 8.41. The van der Waals surface area contributed by atoms with E-state index in [0.29, 0.717) is 10.6 Å². The van der Waals surface area contributed by atoms with Crippen LogP contribution in [0, 0.1) is 0 Å². The van der Waals surface area contributed by atoms with E-state index in [2.05, 4.69) is 29.5 Å². The van der Waals surface area contributed by atoms with Crippen LogP contribution in [-0.4, -0.2) is 20.7 Å². The van der Waals surface area contributed by atoms with Gasteiger partial charge in [-0.05, 0) is 31.2 Å². The lowest BCUT2D eigenvalue weighted by Crippen LogP contribution is -2.20. The van der Waals surface area contributed by atoms with Crippen LogP contribution in [0.3, 0.4) is 0 Å².